The number of hydrogen-bond donors (Lipinski definition) is 2. The molecule has 4 nitrogen and oxygen atoms in total. The molecule has 0 saturated heterocycles. The largest absolute Gasteiger partial charge is 0.481 e. The molecule has 0 amide bonds. The fourth-order valence-electron chi connectivity index (χ4n) is 1.89. The Balaban J connectivity index is 2.06. The van der Waals surface area contributed by atoms with E-state index in [2.05, 4.69) is 5.32 Å². The summed E-state index contributed by atoms with van der Waals surface area (Å²) in [6, 6.07) is 5.79. The number of benzene rings is 1. The van der Waals surface area contributed by atoms with Crippen LogP contribution >= 0.6 is 0 Å². The lowest BCUT2D eigenvalue weighted by Gasteiger charge is -2.14. The first-order valence-corrected chi connectivity index (χ1v) is 5.47. The van der Waals surface area contributed by atoms with Crippen molar-refractivity contribution in [1.82, 2.24) is 0 Å². The minimum Gasteiger partial charge on any atom is -0.481 e. The molecule has 92 valence electrons. The van der Waals surface area contributed by atoms with Crippen molar-refractivity contribution in [1.29, 1.82) is 5.26 Å². The van der Waals surface area contributed by atoms with Crippen LogP contribution in [0.25, 0.3) is 0 Å². The Hall–Kier alpha value is -2.35. The van der Waals surface area contributed by atoms with Gasteiger partial charge in [-0.2, -0.15) is 5.26 Å². The molecule has 2 unspecified atom stereocenters. The average Bonchev–Trinajstić information content (AvgIpc) is 2.80. The number of carboxylic acids is 1. The molecule has 1 aliphatic carbocycles. The van der Waals surface area contributed by atoms with Crippen molar-refractivity contribution in [2.75, 3.05) is 5.32 Å². The van der Waals surface area contributed by atoms with Gasteiger partial charge in [0.15, 0.2) is 0 Å². The number of carbonyl (C=O) groups is 1. The van der Waals surface area contributed by atoms with Crippen molar-refractivity contribution in [2.24, 2.45) is 5.92 Å². The van der Waals surface area contributed by atoms with Gasteiger partial charge in [-0.3, -0.25) is 4.79 Å². The van der Waals surface area contributed by atoms with Crippen molar-refractivity contribution in [2.45, 2.75) is 12.5 Å². The van der Waals surface area contributed by atoms with Crippen LogP contribution in [-0.4, -0.2) is 17.1 Å². The second-order valence-electron chi connectivity index (χ2n) is 4.12. The van der Waals surface area contributed by atoms with Crippen molar-refractivity contribution in [3.05, 3.63) is 41.7 Å². The number of anilines is 1. The normalized spacial score (nSPS) is 21.6. The zero-order valence-corrected chi connectivity index (χ0v) is 9.43. The van der Waals surface area contributed by atoms with E-state index in [1.807, 2.05) is 6.07 Å². The van der Waals surface area contributed by atoms with Gasteiger partial charge in [-0.1, -0.05) is 12.2 Å². The molecule has 0 saturated carbocycles. The van der Waals surface area contributed by atoms with Gasteiger partial charge < -0.3 is 10.4 Å². The van der Waals surface area contributed by atoms with E-state index in [0.717, 1.165) is 6.07 Å². The lowest BCUT2D eigenvalue weighted by molar-refractivity contribution is -0.140. The van der Waals surface area contributed by atoms with Gasteiger partial charge in [0.1, 0.15) is 5.82 Å². The summed E-state index contributed by atoms with van der Waals surface area (Å²) in [5, 5.41) is 20.4. The van der Waals surface area contributed by atoms with Crippen LogP contribution in [0.1, 0.15) is 12.0 Å². The van der Waals surface area contributed by atoms with Gasteiger partial charge in [0.2, 0.25) is 0 Å². The van der Waals surface area contributed by atoms with E-state index in [1.54, 1.807) is 12.2 Å². The van der Waals surface area contributed by atoms with E-state index in [9.17, 15) is 9.18 Å². The van der Waals surface area contributed by atoms with Gasteiger partial charge in [0.25, 0.3) is 0 Å². The number of hydrogen-bond acceptors (Lipinski definition) is 3. The summed E-state index contributed by atoms with van der Waals surface area (Å²) in [5.41, 5.74) is 0.526. The quantitative estimate of drug-likeness (QED) is 0.801. The summed E-state index contributed by atoms with van der Waals surface area (Å²) >= 11 is 0. The molecule has 0 heterocycles. The van der Waals surface area contributed by atoms with E-state index in [-0.39, 0.29) is 17.3 Å². The predicted molar refractivity (Wildman–Crippen MR) is 63.4 cm³/mol. The highest BCUT2D eigenvalue weighted by Crippen LogP contribution is 2.23. The summed E-state index contributed by atoms with van der Waals surface area (Å²) in [7, 11) is 0. The van der Waals surface area contributed by atoms with Gasteiger partial charge in [0.05, 0.1) is 23.2 Å². The lowest BCUT2D eigenvalue weighted by atomic mass is 10.1. The molecule has 0 aliphatic heterocycles. The number of carboxylic acid groups (broad SMARTS) is 1. The molecule has 1 aromatic carbocycles. The molecular formula is C13H11FN2O2. The Morgan fingerprint density at radius 2 is 2.28 bits per heavy atom. The van der Waals surface area contributed by atoms with Crippen LogP contribution in [0.4, 0.5) is 10.1 Å². The fraction of sp³-hybridized carbons (Fsp3) is 0.231. The minimum atomic E-state index is -0.879. The van der Waals surface area contributed by atoms with E-state index in [0.29, 0.717) is 6.42 Å². The van der Waals surface area contributed by atoms with Crippen LogP contribution in [0.2, 0.25) is 0 Å². The molecule has 0 fully saturated rings. The van der Waals surface area contributed by atoms with E-state index in [4.69, 9.17) is 10.4 Å². The summed E-state index contributed by atoms with van der Waals surface area (Å²) in [6.07, 6.45) is 3.72. The Labute approximate surface area is 103 Å². The molecule has 1 aromatic rings. The number of nitriles is 1. The fourth-order valence-corrected chi connectivity index (χ4v) is 1.89. The topological polar surface area (TPSA) is 73.1 Å². The molecule has 0 aromatic heterocycles. The highest BCUT2D eigenvalue weighted by Gasteiger charge is 2.24. The van der Waals surface area contributed by atoms with Gasteiger partial charge in [-0.05, 0) is 24.6 Å². The molecule has 0 bridgehead atoms. The van der Waals surface area contributed by atoms with Crippen LogP contribution < -0.4 is 5.32 Å². The highest BCUT2D eigenvalue weighted by molar-refractivity contribution is 5.73. The summed E-state index contributed by atoms with van der Waals surface area (Å²) in [6.45, 7) is 0. The van der Waals surface area contributed by atoms with Crippen molar-refractivity contribution < 1.29 is 14.3 Å². The number of nitrogens with one attached hydrogen (secondary N) is 1. The lowest BCUT2D eigenvalue weighted by Crippen LogP contribution is -2.19. The van der Waals surface area contributed by atoms with Crippen LogP contribution in [0, 0.1) is 23.1 Å². The molecule has 1 aliphatic rings. The number of rotatable bonds is 3. The molecule has 18 heavy (non-hydrogen) atoms. The molecule has 0 spiro atoms. The van der Waals surface area contributed by atoms with Crippen LogP contribution in [0.15, 0.2) is 30.4 Å². The average molecular weight is 246 g/mol. The molecule has 0 radical (unpaired) electrons. The van der Waals surface area contributed by atoms with Gasteiger partial charge in [-0.25, -0.2) is 4.39 Å². The second kappa shape index (κ2) is 4.88. The number of nitrogens with zero attached hydrogens (tertiary/aromatic N) is 1. The standard InChI is InChI=1S/C13H11FN2O2/c14-11-5-8(7-15)1-4-12(11)16-10-3-2-9(6-10)13(17)18/h1-5,9-10,16H,6H2,(H,17,18). The third kappa shape index (κ3) is 2.48. The van der Waals surface area contributed by atoms with E-state index in [1.165, 1.54) is 12.1 Å². The molecule has 2 atom stereocenters. The first kappa shape index (κ1) is 12.1. The maximum Gasteiger partial charge on any atom is 0.310 e. The van der Waals surface area contributed by atoms with E-state index >= 15 is 0 Å². The van der Waals surface area contributed by atoms with Crippen LogP contribution in [-0.2, 0) is 4.79 Å². The maximum atomic E-state index is 13.6. The predicted octanol–water partition coefficient (Wildman–Crippen LogP) is 2.14. The van der Waals surface area contributed by atoms with Crippen LogP contribution in [0.3, 0.4) is 0 Å². The Morgan fingerprint density at radius 3 is 2.83 bits per heavy atom. The van der Waals surface area contributed by atoms with Gasteiger partial charge in [-0.15, -0.1) is 0 Å². The number of halogens is 1. The SMILES string of the molecule is N#Cc1ccc(NC2C=CC(C(=O)O)C2)c(F)c1. The smallest absolute Gasteiger partial charge is 0.310 e. The third-order valence-corrected chi connectivity index (χ3v) is 2.84. The summed E-state index contributed by atoms with van der Waals surface area (Å²) in [4.78, 5) is 10.8. The first-order valence-electron chi connectivity index (χ1n) is 5.47. The maximum absolute atomic E-state index is 13.6. The second-order valence-corrected chi connectivity index (χ2v) is 4.12. The summed E-state index contributed by atoms with van der Waals surface area (Å²) in [5.74, 6) is -1.92. The molecule has 2 rings (SSSR count). The van der Waals surface area contributed by atoms with E-state index < -0.39 is 17.7 Å². The summed E-state index contributed by atoms with van der Waals surface area (Å²) < 4.78 is 13.6. The Bertz CT molecular complexity index is 548. The molecule has 5 heteroatoms. The first-order chi connectivity index (χ1) is 8.60. The minimum absolute atomic E-state index is 0.200. The highest BCUT2D eigenvalue weighted by atomic mass is 19.1. The third-order valence-electron chi connectivity index (χ3n) is 2.84. The zero-order valence-electron chi connectivity index (χ0n) is 9.43. The van der Waals surface area contributed by atoms with Gasteiger partial charge >= 0.3 is 5.97 Å². The van der Waals surface area contributed by atoms with Crippen molar-refractivity contribution in [3.63, 3.8) is 0 Å². The Morgan fingerprint density at radius 1 is 1.50 bits per heavy atom. The Kier molecular flexibility index (Phi) is 3.28. The number of aliphatic carboxylic acids is 1. The molecule has 2 N–H and O–H groups in total. The molecular weight excluding hydrogens is 235 g/mol. The van der Waals surface area contributed by atoms with Gasteiger partial charge in [0, 0.05) is 6.04 Å². The van der Waals surface area contributed by atoms with Crippen LogP contribution in [0.5, 0.6) is 0 Å². The monoisotopic (exact) mass is 246 g/mol. The van der Waals surface area contributed by atoms with Crippen molar-refractivity contribution >= 4 is 11.7 Å². The zero-order chi connectivity index (χ0) is 13.1. The van der Waals surface area contributed by atoms with Crippen molar-refractivity contribution in [3.8, 4) is 6.07 Å².